The van der Waals surface area contributed by atoms with Crippen LogP contribution in [0.1, 0.15) is 35.3 Å². The number of aryl methyl sites for hydroxylation is 1. The Morgan fingerprint density at radius 3 is 2.33 bits per heavy atom. The zero-order valence-corrected chi connectivity index (χ0v) is 11.2. The van der Waals surface area contributed by atoms with Gasteiger partial charge in [0.15, 0.2) is 0 Å². The van der Waals surface area contributed by atoms with Crippen LogP contribution in [0, 0.1) is 19.8 Å². The number of aliphatic carboxylic acids is 1. The van der Waals surface area contributed by atoms with Crippen LogP contribution >= 0.6 is 0 Å². The van der Waals surface area contributed by atoms with Gasteiger partial charge in [0.2, 0.25) is 0 Å². The second-order valence-electron chi connectivity index (χ2n) is 4.78. The molecule has 0 radical (unpaired) electrons. The van der Waals surface area contributed by atoms with E-state index in [1.54, 1.807) is 26.0 Å². The van der Waals surface area contributed by atoms with E-state index < -0.39 is 12.0 Å². The van der Waals surface area contributed by atoms with Crippen molar-refractivity contribution < 1.29 is 14.7 Å². The molecule has 0 aliphatic heterocycles. The van der Waals surface area contributed by atoms with Gasteiger partial charge in [-0.05, 0) is 37.0 Å². The fourth-order valence-electron chi connectivity index (χ4n) is 1.73. The summed E-state index contributed by atoms with van der Waals surface area (Å²) in [6, 6.07) is 4.56. The van der Waals surface area contributed by atoms with E-state index in [2.05, 4.69) is 5.32 Å². The Morgan fingerprint density at radius 1 is 1.22 bits per heavy atom. The molecule has 0 aromatic heterocycles. The molecule has 0 spiro atoms. The van der Waals surface area contributed by atoms with Gasteiger partial charge in [0.05, 0.1) is 0 Å². The highest BCUT2D eigenvalue weighted by Gasteiger charge is 2.24. The van der Waals surface area contributed by atoms with E-state index in [1.807, 2.05) is 19.9 Å². The van der Waals surface area contributed by atoms with Gasteiger partial charge in [0.1, 0.15) is 6.04 Å². The summed E-state index contributed by atoms with van der Waals surface area (Å²) >= 11 is 0. The lowest BCUT2D eigenvalue weighted by Gasteiger charge is -2.18. The van der Waals surface area contributed by atoms with Gasteiger partial charge in [-0.3, -0.25) is 4.79 Å². The maximum atomic E-state index is 12.1. The Labute approximate surface area is 107 Å². The summed E-state index contributed by atoms with van der Waals surface area (Å²) in [5.74, 6) is -1.50. The zero-order valence-electron chi connectivity index (χ0n) is 11.2. The summed E-state index contributed by atoms with van der Waals surface area (Å²) in [6.45, 7) is 7.31. The van der Waals surface area contributed by atoms with Gasteiger partial charge in [-0.25, -0.2) is 4.79 Å². The summed E-state index contributed by atoms with van der Waals surface area (Å²) in [7, 11) is 0. The summed E-state index contributed by atoms with van der Waals surface area (Å²) < 4.78 is 0. The summed E-state index contributed by atoms with van der Waals surface area (Å²) in [5, 5.41) is 11.6. The summed E-state index contributed by atoms with van der Waals surface area (Å²) in [5.41, 5.74) is 2.42. The highest BCUT2D eigenvalue weighted by atomic mass is 16.4. The van der Waals surface area contributed by atoms with E-state index in [-0.39, 0.29) is 11.8 Å². The Balaban J connectivity index is 2.94. The maximum Gasteiger partial charge on any atom is 0.326 e. The van der Waals surface area contributed by atoms with Gasteiger partial charge in [-0.1, -0.05) is 26.0 Å². The van der Waals surface area contributed by atoms with Gasteiger partial charge < -0.3 is 10.4 Å². The van der Waals surface area contributed by atoms with E-state index in [4.69, 9.17) is 5.11 Å². The van der Waals surface area contributed by atoms with Gasteiger partial charge in [0, 0.05) is 5.56 Å². The third-order valence-corrected chi connectivity index (χ3v) is 3.07. The van der Waals surface area contributed by atoms with Gasteiger partial charge in [-0.15, -0.1) is 0 Å². The quantitative estimate of drug-likeness (QED) is 0.859. The molecule has 2 N–H and O–H groups in total. The minimum Gasteiger partial charge on any atom is -0.480 e. The van der Waals surface area contributed by atoms with Crippen molar-refractivity contribution in [3.05, 3.63) is 34.9 Å². The molecule has 0 bridgehead atoms. The first-order valence-electron chi connectivity index (χ1n) is 5.94. The molecule has 18 heavy (non-hydrogen) atoms. The lowest BCUT2D eigenvalue weighted by atomic mass is 10.0. The van der Waals surface area contributed by atoms with Crippen LogP contribution in [0.2, 0.25) is 0 Å². The first-order chi connectivity index (χ1) is 8.34. The summed E-state index contributed by atoms with van der Waals surface area (Å²) in [4.78, 5) is 23.1. The molecule has 0 aliphatic carbocycles. The minimum absolute atomic E-state index is 0.156. The van der Waals surface area contributed by atoms with Crippen molar-refractivity contribution in [1.82, 2.24) is 5.32 Å². The van der Waals surface area contributed by atoms with Crippen molar-refractivity contribution >= 4 is 11.9 Å². The fraction of sp³-hybridized carbons (Fsp3) is 0.429. The SMILES string of the molecule is Cc1cccc(C(=O)N[C@@H](C(=O)O)C(C)C)c1C. The van der Waals surface area contributed by atoms with Crippen molar-refractivity contribution in [2.24, 2.45) is 5.92 Å². The molecular formula is C14H19NO3. The zero-order chi connectivity index (χ0) is 13.9. The van der Waals surface area contributed by atoms with Crippen LogP contribution in [0.15, 0.2) is 18.2 Å². The van der Waals surface area contributed by atoms with Gasteiger partial charge in [0.25, 0.3) is 5.91 Å². The number of rotatable bonds is 4. The van der Waals surface area contributed by atoms with Gasteiger partial charge in [-0.2, -0.15) is 0 Å². The number of carbonyl (C=O) groups excluding carboxylic acids is 1. The first-order valence-corrected chi connectivity index (χ1v) is 5.94. The molecule has 1 rings (SSSR count). The van der Waals surface area contributed by atoms with Crippen LogP contribution in [0.25, 0.3) is 0 Å². The van der Waals surface area contributed by atoms with Gasteiger partial charge >= 0.3 is 5.97 Å². The number of amides is 1. The molecule has 0 saturated heterocycles. The topological polar surface area (TPSA) is 66.4 Å². The van der Waals surface area contributed by atoms with E-state index in [9.17, 15) is 9.59 Å². The van der Waals surface area contributed by atoms with Crippen LogP contribution in [0.4, 0.5) is 0 Å². The predicted octanol–water partition coefficient (Wildman–Crippen LogP) is 2.14. The number of carboxylic acids is 1. The lowest BCUT2D eigenvalue weighted by molar-refractivity contribution is -0.140. The monoisotopic (exact) mass is 249 g/mol. The maximum absolute atomic E-state index is 12.1. The lowest BCUT2D eigenvalue weighted by Crippen LogP contribution is -2.44. The molecule has 1 aromatic rings. The Kier molecular flexibility index (Phi) is 4.48. The van der Waals surface area contributed by atoms with Crippen LogP contribution in [-0.2, 0) is 4.79 Å². The van der Waals surface area contributed by atoms with Crippen molar-refractivity contribution in [1.29, 1.82) is 0 Å². The molecule has 1 atom stereocenters. The van der Waals surface area contributed by atoms with Crippen molar-refractivity contribution in [2.45, 2.75) is 33.7 Å². The molecule has 0 fully saturated rings. The number of carbonyl (C=O) groups is 2. The molecular weight excluding hydrogens is 230 g/mol. The molecule has 1 aromatic carbocycles. The minimum atomic E-state index is -1.01. The fourth-order valence-corrected chi connectivity index (χ4v) is 1.73. The summed E-state index contributed by atoms with van der Waals surface area (Å²) in [6.07, 6.45) is 0. The number of benzene rings is 1. The smallest absolute Gasteiger partial charge is 0.326 e. The van der Waals surface area contributed by atoms with E-state index in [0.29, 0.717) is 5.56 Å². The normalized spacial score (nSPS) is 12.3. The molecule has 0 heterocycles. The second-order valence-corrected chi connectivity index (χ2v) is 4.78. The van der Waals surface area contributed by atoms with Crippen LogP contribution in [0.3, 0.4) is 0 Å². The molecule has 1 amide bonds. The number of hydrogen-bond acceptors (Lipinski definition) is 2. The van der Waals surface area contributed by atoms with Crippen molar-refractivity contribution in [3.63, 3.8) is 0 Å². The number of hydrogen-bond donors (Lipinski definition) is 2. The molecule has 4 heteroatoms. The average Bonchev–Trinajstić information content (AvgIpc) is 2.28. The second kappa shape index (κ2) is 5.67. The van der Waals surface area contributed by atoms with Crippen LogP contribution in [-0.4, -0.2) is 23.0 Å². The number of nitrogens with one attached hydrogen (secondary N) is 1. The Hall–Kier alpha value is -1.84. The standard InChI is InChI=1S/C14H19NO3/c1-8(2)12(14(17)18)15-13(16)11-7-5-6-9(3)10(11)4/h5-8,12H,1-4H3,(H,15,16)(H,17,18)/t12-/m1/s1. The number of carboxylic acid groups (broad SMARTS) is 1. The first kappa shape index (κ1) is 14.2. The van der Waals surface area contributed by atoms with E-state index in [1.165, 1.54) is 0 Å². The van der Waals surface area contributed by atoms with Crippen molar-refractivity contribution in [3.8, 4) is 0 Å². The molecule has 0 saturated carbocycles. The molecule has 4 nitrogen and oxygen atoms in total. The van der Waals surface area contributed by atoms with Crippen molar-refractivity contribution in [2.75, 3.05) is 0 Å². The molecule has 0 unspecified atom stereocenters. The highest BCUT2D eigenvalue weighted by molar-refractivity contribution is 5.98. The van der Waals surface area contributed by atoms with Crippen LogP contribution < -0.4 is 5.32 Å². The van der Waals surface area contributed by atoms with E-state index in [0.717, 1.165) is 11.1 Å². The molecule has 98 valence electrons. The predicted molar refractivity (Wildman–Crippen MR) is 69.6 cm³/mol. The molecule has 0 aliphatic rings. The van der Waals surface area contributed by atoms with E-state index >= 15 is 0 Å². The highest BCUT2D eigenvalue weighted by Crippen LogP contribution is 2.13. The average molecular weight is 249 g/mol. The Bertz CT molecular complexity index is 466. The van der Waals surface area contributed by atoms with Crippen LogP contribution in [0.5, 0.6) is 0 Å². The largest absolute Gasteiger partial charge is 0.480 e. The Morgan fingerprint density at radius 2 is 1.83 bits per heavy atom. The third kappa shape index (κ3) is 3.09. The third-order valence-electron chi connectivity index (χ3n) is 3.07.